The Morgan fingerprint density at radius 1 is 1.16 bits per heavy atom. The number of esters is 1. The second kappa shape index (κ2) is 5.65. The molecule has 2 rings (SSSR count). The molecule has 0 bridgehead atoms. The Hall–Kier alpha value is -2.16. The van der Waals surface area contributed by atoms with Crippen molar-refractivity contribution in [2.75, 3.05) is 7.11 Å². The van der Waals surface area contributed by atoms with E-state index in [9.17, 15) is 4.79 Å². The maximum atomic E-state index is 11.6. The molecule has 1 aromatic heterocycles. The number of hydrogen-bond donors (Lipinski definition) is 0. The quantitative estimate of drug-likeness (QED) is 0.791. The van der Waals surface area contributed by atoms with Crippen LogP contribution in [0.5, 0.6) is 0 Å². The lowest BCUT2D eigenvalue weighted by molar-refractivity contribution is 0.0600. The lowest BCUT2D eigenvalue weighted by Crippen LogP contribution is -2.05. The summed E-state index contributed by atoms with van der Waals surface area (Å²) >= 11 is 0. The number of pyridine rings is 1. The molecular weight excluding hydrogens is 238 g/mol. The Balaban J connectivity index is 2.26. The van der Waals surface area contributed by atoms with Gasteiger partial charge >= 0.3 is 5.97 Å². The minimum Gasteiger partial charge on any atom is -0.465 e. The first-order chi connectivity index (χ1) is 9.10. The van der Waals surface area contributed by atoms with Crippen molar-refractivity contribution in [2.24, 2.45) is 0 Å². The summed E-state index contributed by atoms with van der Waals surface area (Å²) in [5.41, 5.74) is 4.77. The van der Waals surface area contributed by atoms with E-state index in [0.717, 1.165) is 28.8 Å². The molecule has 3 heteroatoms. The van der Waals surface area contributed by atoms with Crippen molar-refractivity contribution < 1.29 is 9.53 Å². The zero-order chi connectivity index (χ0) is 13.8. The van der Waals surface area contributed by atoms with Gasteiger partial charge in [0.15, 0.2) is 0 Å². The van der Waals surface area contributed by atoms with Crippen LogP contribution < -0.4 is 0 Å². The molecule has 0 aliphatic heterocycles. The smallest absolute Gasteiger partial charge is 0.338 e. The van der Waals surface area contributed by atoms with Crippen molar-refractivity contribution in [2.45, 2.75) is 20.3 Å². The fourth-order valence-electron chi connectivity index (χ4n) is 1.95. The number of ether oxygens (including phenoxy) is 1. The van der Waals surface area contributed by atoms with Crippen LogP contribution in [-0.4, -0.2) is 18.1 Å². The SMILES string of the molecule is COC(=O)c1cc(Cc2ccc(C)nc2)ccc1C. The van der Waals surface area contributed by atoms with Crippen molar-refractivity contribution in [3.63, 3.8) is 0 Å². The second-order valence-corrected chi connectivity index (χ2v) is 4.63. The molecular formula is C16H17NO2. The Labute approximate surface area is 113 Å². The third-order valence-electron chi connectivity index (χ3n) is 3.09. The lowest BCUT2D eigenvalue weighted by atomic mass is 10.0. The third kappa shape index (κ3) is 3.19. The summed E-state index contributed by atoms with van der Waals surface area (Å²) in [6.45, 7) is 3.87. The number of carbonyl (C=O) groups is 1. The molecule has 98 valence electrons. The van der Waals surface area contributed by atoms with Gasteiger partial charge in [-0.15, -0.1) is 0 Å². The first-order valence-electron chi connectivity index (χ1n) is 6.19. The van der Waals surface area contributed by atoms with Crippen molar-refractivity contribution in [3.05, 3.63) is 64.5 Å². The molecule has 0 spiro atoms. The Kier molecular flexibility index (Phi) is 3.95. The molecule has 0 saturated carbocycles. The Morgan fingerprint density at radius 3 is 2.53 bits per heavy atom. The van der Waals surface area contributed by atoms with E-state index >= 15 is 0 Å². The molecule has 0 N–H and O–H groups in total. The molecule has 19 heavy (non-hydrogen) atoms. The van der Waals surface area contributed by atoms with Crippen LogP contribution in [0.4, 0.5) is 0 Å². The maximum absolute atomic E-state index is 11.6. The maximum Gasteiger partial charge on any atom is 0.338 e. The van der Waals surface area contributed by atoms with Crippen LogP contribution in [0.1, 0.15) is 32.7 Å². The van der Waals surface area contributed by atoms with Gasteiger partial charge in [-0.05, 0) is 49.1 Å². The van der Waals surface area contributed by atoms with Gasteiger partial charge in [-0.2, -0.15) is 0 Å². The Bertz CT molecular complexity index is 588. The summed E-state index contributed by atoms with van der Waals surface area (Å²) in [5, 5.41) is 0. The summed E-state index contributed by atoms with van der Waals surface area (Å²) in [4.78, 5) is 15.9. The van der Waals surface area contributed by atoms with Crippen molar-refractivity contribution >= 4 is 5.97 Å². The van der Waals surface area contributed by atoms with E-state index in [0.29, 0.717) is 5.56 Å². The summed E-state index contributed by atoms with van der Waals surface area (Å²) in [5.74, 6) is -0.290. The van der Waals surface area contributed by atoms with E-state index in [1.807, 2.05) is 44.3 Å². The van der Waals surface area contributed by atoms with E-state index in [-0.39, 0.29) is 5.97 Å². The molecule has 2 aromatic rings. The van der Waals surface area contributed by atoms with Crippen LogP contribution in [0, 0.1) is 13.8 Å². The largest absolute Gasteiger partial charge is 0.465 e. The fraction of sp³-hybridized carbons (Fsp3) is 0.250. The highest BCUT2D eigenvalue weighted by Crippen LogP contribution is 2.15. The standard InChI is InChI=1S/C16H17NO2/c1-11-4-6-13(9-15(11)16(18)19-3)8-14-7-5-12(2)17-10-14/h4-7,9-10H,8H2,1-3H3. The highest BCUT2D eigenvalue weighted by Gasteiger charge is 2.10. The first-order valence-corrected chi connectivity index (χ1v) is 6.19. The molecule has 0 aliphatic rings. The average Bonchev–Trinajstić information content (AvgIpc) is 2.42. The van der Waals surface area contributed by atoms with Gasteiger partial charge in [0, 0.05) is 11.9 Å². The third-order valence-corrected chi connectivity index (χ3v) is 3.09. The molecule has 0 unspecified atom stereocenters. The minimum absolute atomic E-state index is 0.290. The number of benzene rings is 1. The van der Waals surface area contributed by atoms with Gasteiger partial charge in [-0.3, -0.25) is 4.98 Å². The predicted molar refractivity (Wildman–Crippen MR) is 74.3 cm³/mol. The fourth-order valence-corrected chi connectivity index (χ4v) is 1.95. The number of rotatable bonds is 3. The first kappa shape index (κ1) is 13.3. The Morgan fingerprint density at radius 2 is 1.89 bits per heavy atom. The monoisotopic (exact) mass is 255 g/mol. The molecule has 0 amide bonds. The zero-order valence-electron chi connectivity index (χ0n) is 11.4. The number of methoxy groups -OCH3 is 1. The van der Waals surface area contributed by atoms with Crippen LogP contribution in [0.15, 0.2) is 36.5 Å². The van der Waals surface area contributed by atoms with Gasteiger partial charge in [-0.25, -0.2) is 4.79 Å². The predicted octanol–water partition coefficient (Wildman–Crippen LogP) is 3.08. The van der Waals surface area contributed by atoms with Crippen molar-refractivity contribution in [1.82, 2.24) is 4.98 Å². The van der Waals surface area contributed by atoms with E-state index < -0.39 is 0 Å². The van der Waals surface area contributed by atoms with Crippen LogP contribution in [-0.2, 0) is 11.2 Å². The number of hydrogen-bond acceptors (Lipinski definition) is 3. The van der Waals surface area contributed by atoms with Gasteiger partial charge < -0.3 is 4.74 Å². The highest BCUT2D eigenvalue weighted by atomic mass is 16.5. The minimum atomic E-state index is -0.290. The lowest BCUT2D eigenvalue weighted by Gasteiger charge is -2.07. The number of aromatic nitrogens is 1. The molecule has 0 radical (unpaired) electrons. The van der Waals surface area contributed by atoms with Crippen LogP contribution in [0.3, 0.4) is 0 Å². The van der Waals surface area contributed by atoms with Crippen LogP contribution in [0.2, 0.25) is 0 Å². The highest BCUT2D eigenvalue weighted by molar-refractivity contribution is 5.91. The topological polar surface area (TPSA) is 39.2 Å². The van der Waals surface area contributed by atoms with E-state index in [1.54, 1.807) is 0 Å². The van der Waals surface area contributed by atoms with Crippen LogP contribution >= 0.6 is 0 Å². The normalized spacial score (nSPS) is 10.3. The van der Waals surface area contributed by atoms with Gasteiger partial charge in [-0.1, -0.05) is 18.2 Å². The summed E-state index contributed by atoms with van der Waals surface area (Å²) < 4.78 is 4.79. The number of aryl methyl sites for hydroxylation is 2. The molecule has 1 aromatic carbocycles. The van der Waals surface area contributed by atoms with E-state index in [4.69, 9.17) is 4.74 Å². The van der Waals surface area contributed by atoms with Crippen LogP contribution in [0.25, 0.3) is 0 Å². The number of nitrogens with zero attached hydrogens (tertiary/aromatic N) is 1. The van der Waals surface area contributed by atoms with Gasteiger partial charge in [0.25, 0.3) is 0 Å². The van der Waals surface area contributed by atoms with Gasteiger partial charge in [0.1, 0.15) is 0 Å². The number of carbonyl (C=O) groups excluding carboxylic acids is 1. The van der Waals surface area contributed by atoms with Gasteiger partial charge in [0.05, 0.1) is 12.7 Å². The average molecular weight is 255 g/mol. The summed E-state index contributed by atoms with van der Waals surface area (Å²) in [7, 11) is 1.40. The van der Waals surface area contributed by atoms with E-state index in [1.165, 1.54) is 7.11 Å². The van der Waals surface area contributed by atoms with Crippen molar-refractivity contribution in [1.29, 1.82) is 0 Å². The molecule has 3 nitrogen and oxygen atoms in total. The molecule has 1 heterocycles. The molecule has 0 aliphatic carbocycles. The van der Waals surface area contributed by atoms with Crippen molar-refractivity contribution in [3.8, 4) is 0 Å². The van der Waals surface area contributed by atoms with E-state index in [2.05, 4.69) is 11.1 Å². The summed E-state index contributed by atoms with van der Waals surface area (Å²) in [6, 6.07) is 9.91. The second-order valence-electron chi connectivity index (χ2n) is 4.63. The molecule has 0 fully saturated rings. The molecule has 0 atom stereocenters. The van der Waals surface area contributed by atoms with Gasteiger partial charge in [0.2, 0.25) is 0 Å². The zero-order valence-corrected chi connectivity index (χ0v) is 11.4. The molecule has 0 saturated heterocycles. The summed E-state index contributed by atoms with van der Waals surface area (Å²) in [6.07, 6.45) is 2.63.